The van der Waals surface area contributed by atoms with Gasteiger partial charge in [0.25, 0.3) is 5.69 Å². The summed E-state index contributed by atoms with van der Waals surface area (Å²) in [5.41, 5.74) is 0.677. The van der Waals surface area contributed by atoms with E-state index >= 15 is 0 Å². The lowest BCUT2D eigenvalue weighted by molar-refractivity contribution is -0.385. The largest absolute Gasteiger partial charge is 0.274 e. The second-order valence-corrected chi connectivity index (χ2v) is 3.03. The molecule has 1 rings (SSSR count). The van der Waals surface area contributed by atoms with E-state index in [1.807, 2.05) is 0 Å². The Balaban J connectivity index is 3.17. The highest BCUT2D eigenvalue weighted by molar-refractivity contribution is 7.83. The zero-order valence-corrected chi connectivity index (χ0v) is 7.41. The lowest BCUT2D eigenvalue weighted by Crippen LogP contribution is -1.95. The maximum absolute atomic E-state index is 10.5. The Bertz CT molecular complexity index is 299. The molecule has 1 radical (unpaired) electrons. The van der Waals surface area contributed by atoms with Crippen LogP contribution >= 0.6 is 12.6 Å². The van der Waals surface area contributed by atoms with Crippen molar-refractivity contribution < 1.29 is 4.92 Å². The highest BCUT2D eigenvalue weighted by Crippen LogP contribution is 2.27. The van der Waals surface area contributed by atoms with Gasteiger partial charge in [-0.15, -0.1) is 0 Å². The number of hydrogen-bond donors (Lipinski definition) is 1. The molecular formula is C8H8NO2S. The van der Waals surface area contributed by atoms with Crippen molar-refractivity contribution in [3.05, 3.63) is 45.2 Å². The van der Waals surface area contributed by atoms with Crippen LogP contribution in [0.1, 0.15) is 12.5 Å². The zero-order valence-electron chi connectivity index (χ0n) is 6.52. The SMILES string of the molecule is C[C](S)c1ccccc1[N+](=O)[O-]. The average molecular weight is 182 g/mol. The minimum atomic E-state index is -0.408. The number of thiol groups is 1. The van der Waals surface area contributed by atoms with E-state index < -0.39 is 4.92 Å². The molecule has 0 heterocycles. The van der Waals surface area contributed by atoms with E-state index in [0.717, 1.165) is 0 Å². The van der Waals surface area contributed by atoms with Crippen molar-refractivity contribution in [2.24, 2.45) is 0 Å². The van der Waals surface area contributed by atoms with Crippen LogP contribution in [0.15, 0.2) is 24.3 Å². The van der Waals surface area contributed by atoms with Gasteiger partial charge >= 0.3 is 0 Å². The monoisotopic (exact) mass is 182 g/mol. The van der Waals surface area contributed by atoms with Crippen LogP contribution in [0.25, 0.3) is 0 Å². The second-order valence-electron chi connectivity index (χ2n) is 2.36. The van der Waals surface area contributed by atoms with Crippen molar-refractivity contribution in [1.29, 1.82) is 0 Å². The van der Waals surface area contributed by atoms with Crippen molar-refractivity contribution in [3.63, 3.8) is 0 Å². The first-order valence-corrected chi connectivity index (χ1v) is 3.84. The zero-order chi connectivity index (χ0) is 9.14. The summed E-state index contributed by atoms with van der Waals surface area (Å²) < 4.78 is 0. The van der Waals surface area contributed by atoms with E-state index in [2.05, 4.69) is 12.6 Å². The summed E-state index contributed by atoms with van der Waals surface area (Å²) in [4.78, 5) is 10.1. The van der Waals surface area contributed by atoms with Crippen LogP contribution < -0.4 is 0 Å². The van der Waals surface area contributed by atoms with Gasteiger partial charge in [0.15, 0.2) is 0 Å². The van der Waals surface area contributed by atoms with E-state index in [9.17, 15) is 10.1 Å². The number of para-hydroxylation sites is 1. The van der Waals surface area contributed by atoms with Gasteiger partial charge in [0.2, 0.25) is 0 Å². The lowest BCUT2D eigenvalue weighted by Gasteiger charge is -2.03. The van der Waals surface area contributed by atoms with Gasteiger partial charge in [-0.3, -0.25) is 10.1 Å². The van der Waals surface area contributed by atoms with E-state index in [-0.39, 0.29) is 5.69 Å². The molecule has 1 aromatic carbocycles. The fraction of sp³-hybridized carbons (Fsp3) is 0.125. The molecule has 1 aromatic rings. The Morgan fingerprint density at radius 2 is 2.08 bits per heavy atom. The standard InChI is InChI=1S/C8H8NO2S/c1-6(12)7-4-2-3-5-8(7)9(10)11/h2-5,12H,1H3. The first kappa shape index (κ1) is 9.06. The van der Waals surface area contributed by atoms with Crippen LogP contribution in [0.3, 0.4) is 0 Å². The molecule has 0 amide bonds. The summed E-state index contributed by atoms with van der Waals surface area (Å²) >= 11 is 4.06. The van der Waals surface area contributed by atoms with Gasteiger partial charge in [0.1, 0.15) is 0 Å². The molecule has 0 fully saturated rings. The minimum Gasteiger partial charge on any atom is -0.258 e. The maximum atomic E-state index is 10.5. The van der Waals surface area contributed by atoms with Crippen molar-refractivity contribution in [2.75, 3.05) is 0 Å². The van der Waals surface area contributed by atoms with Crippen LogP contribution in [-0.4, -0.2) is 4.92 Å². The van der Waals surface area contributed by atoms with Crippen molar-refractivity contribution in [1.82, 2.24) is 0 Å². The first-order chi connectivity index (χ1) is 5.63. The van der Waals surface area contributed by atoms with Crippen LogP contribution in [0, 0.1) is 15.4 Å². The van der Waals surface area contributed by atoms with Gasteiger partial charge in [-0.05, 0) is 6.92 Å². The lowest BCUT2D eigenvalue weighted by atomic mass is 10.1. The van der Waals surface area contributed by atoms with Crippen LogP contribution in [0.4, 0.5) is 5.69 Å². The molecule has 0 aromatic heterocycles. The Morgan fingerprint density at radius 3 is 2.50 bits per heavy atom. The topological polar surface area (TPSA) is 43.1 Å². The number of rotatable bonds is 2. The molecule has 4 heteroatoms. The van der Waals surface area contributed by atoms with E-state index in [4.69, 9.17) is 0 Å². The van der Waals surface area contributed by atoms with Gasteiger partial charge in [-0.1, -0.05) is 18.2 Å². The molecule has 0 aliphatic heterocycles. The second kappa shape index (κ2) is 3.58. The number of nitro groups is 1. The molecule has 0 saturated heterocycles. The molecule has 0 spiro atoms. The van der Waals surface area contributed by atoms with Crippen LogP contribution in [-0.2, 0) is 0 Å². The van der Waals surface area contributed by atoms with Gasteiger partial charge < -0.3 is 0 Å². The summed E-state index contributed by atoms with van der Waals surface area (Å²) in [6, 6.07) is 6.54. The van der Waals surface area contributed by atoms with E-state index in [1.165, 1.54) is 6.07 Å². The molecule has 63 valence electrons. The molecule has 0 aliphatic rings. The summed E-state index contributed by atoms with van der Waals surface area (Å²) in [5, 5.41) is 11.1. The summed E-state index contributed by atoms with van der Waals surface area (Å²) in [6.07, 6.45) is 0. The summed E-state index contributed by atoms with van der Waals surface area (Å²) in [6.45, 7) is 1.73. The third-order valence-electron chi connectivity index (χ3n) is 1.49. The molecule has 0 bridgehead atoms. The highest BCUT2D eigenvalue weighted by atomic mass is 32.1. The predicted molar refractivity (Wildman–Crippen MR) is 50.1 cm³/mol. The highest BCUT2D eigenvalue weighted by Gasteiger charge is 2.15. The van der Waals surface area contributed by atoms with Gasteiger partial charge in [-0.25, -0.2) is 0 Å². The quantitative estimate of drug-likeness (QED) is 0.433. The summed E-state index contributed by atoms with van der Waals surface area (Å²) in [5.74, 6) is 0. The van der Waals surface area contributed by atoms with Crippen LogP contribution in [0.5, 0.6) is 0 Å². The average Bonchev–Trinajstić information content (AvgIpc) is 2.04. The number of benzene rings is 1. The maximum Gasteiger partial charge on any atom is 0.274 e. The molecule has 0 atom stereocenters. The number of hydrogen-bond acceptors (Lipinski definition) is 3. The van der Waals surface area contributed by atoms with Gasteiger partial charge in [-0.2, -0.15) is 12.6 Å². The molecule has 0 N–H and O–H groups in total. The minimum absolute atomic E-state index is 0.102. The van der Waals surface area contributed by atoms with Crippen molar-refractivity contribution in [2.45, 2.75) is 6.92 Å². The van der Waals surface area contributed by atoms with E-state index in [0.29, 0.717) is 10.8 Å². The molecule has 0 unspecified atom stereocenters. The molecule has 12 heavy (non-hydrogen) atoms. The smallest absolute Gasteiger partial charge is 0.258 e. The summed E-state index contributed by atoms with van der Waals surface area (Å²) in [7, 11) is 0. The molecule has 0 saturated carbocycles. The number of nitro benzene ring substituents is 1. The normalized spacial score (nSPS) is 10.2. The Morgan fingerprint density at radius 1 is 1.50 bits per heavy atom. The third-order valence-corrected chi connectivity index (χ3v) is 1.73. The number of nitrogens with zero attached hydrogens (tertiary/aromatic N) is 1. The van der Waals surface area contributed by atoms with Gasteiger partial charge in [0.05, 0.1) is 10.2 Å². The fourth-order valence-corrected chi connectivity index (χ4v) is 1.13. The first-order valence-electron chi connectivity index (χ1n) is 3.39. The molecule has 3 nitrogen and oxygen atoms in total. The van der Waals surface area contributed by atoms with E-state index in [1.54, 1.807) is 25.1 Å². The van der Waals surface area contributed by atoms with Crippen LogP contribution in [0.2, 0.25) is 0 Å². The fourth-order valence-electron chi connectivity index (χ4n) is 0.939. The third kappa shape index (κ3) is 1.76. The predicted octanol–water partition coefficient (Wildman–Crippen LogP) is 2.42. The Hall–Kier alpha value is -1.03. The molecule has 0 aliphatic carbocycles. The molecular weight excluding hydrogens is 174 g/mol. The Labute approximate surface area is 76.0 Å². The van der Waals surface area contributed by atoms with Crippen molar-refractivity contribution in [3.8, 4) is 0 Å². The van der Waals surface area contributed by atoms with Crippen molar-refractivity contribution >= 4 is 18.3 Å². The van der Waals surface area contributed by atoms with Gasteiger partial charge in [0, 0.05) is 11.6 Å². The Kier molecular flexibility index (Phi) is 2.70.